The second kappa shape index (κ2) is 4.45. The summed E-state index contributed by atoms with van der Waals surface area (Å²) in [6, 6.07) is 0. The molecule has 0 aromatic heterocycles. The summed E-state index contributed by atoms with van der Waals surface area (Å²) < 4.78 is 0. The molecule has 3 heteroatoms. The zero-order chi connectivity index (χ0) is 15.8. The van der Waals surface area contributed by atoms with Crippen LogP contribution in [0.1, 0.15) is 65.2 Å². The molecule has 4 aliphatic carbocycles. The number of allylic oxidation sites excluding steroid dienone is 2. The van der Waals surface area contributed by atoms with E-state index in [1.807, 2.05) is 6.92 Å². The van der Waals surface area contributed by atoms with Gasteiger partial charge in [-0.3, -0.25) is 4.79 Å². The molecule has 122 valence electrons. The summed E-state index contributed by atoms with van der Waals surface area (Å²) in [5.41, 5.74) is 1.92. The molecule has 0 aromatic carbocycles. The number of aliphatic hydroxyl groups is 2. The highest BCUT2D eigenvalue weighted by molar-refractivity contribution is 5.96. The lowest BCUT2D eigenvalue weighted by Crippen LogP contribution is -2.49. The number of rotatable bonds is 1. The fourth-order valence-corrected chi connectivity index (χ4v) is 6.90. The van der Waals surface area contributed by atoms with E-state index in [9.17, 15) is 15.0 Å². The Kier molecular flexibility index (Phi) is 3.01. The van der Waals surface area contributed by atoms with Crippen LogP contribution in [0.2, 0.25) is 0 Å². The van der Waals surface area contributed by atoms with Gasteiger partial charge in [-0.25, -0.2) is 0 Å². The molecule has 0 unspecified atom stereocenters. The zero-order valence-electron chi connectivity index (χ0n) is 13.8. The van der Waals surface area contributed by atoms with Crippen LogP contribution in [0.25, 0.3) is 0 Å². The van der Waals surface area contributed by atoms with Gasteiger partial charge in [-0.2, -0.15) is 0 Å². The van der Waals surface area contributed by atoms with E-state index in [-0.39, 0.29) is 23.4 Å². The van der Waals surface area contributed by atoms with Gasteiger partial charge in [0.2, 0.25) is 0 Å². The zero-order valence-corrected chi connectivity index (χ0v) is 13.8. The van der Waals surface area contributed by atoms with E-state index in [1.165, 1.54) is 5.57 Å². The molecule has 0 heterocycles. The van der Waals surface area contributed by atoms with E-state index in [0.29, 0.717) is 18.1 Å². The van der Waals surface area contributed by atoms with Crippen molar-refractivity contribution in [2.24, 2.45) is 22.7 Å². The minimum atomic E-state index is -0.855. The predicted molar refractivity (Wildman–Crippen MR) is 84.2 cm³/mol. The number of hydrogen-bond donors (Lipinski definition) is 2. The van der Waals surface area contributed by atoms with Crippen molar-refractivity contribution in [2.45, 2.75) is 70.8 Å². The Morgan fingerprint density at radius 3 is 2.73 bits per heavy atom. The molecule has 4 aliphatic rings. The summed E-state index contributed by atoms with van der Waals surface area (Å²) in [7, 11) is 0. The van der Waals surface area contributed by atoms with Crippen molar-refractivity contribution in [2.75, 3.05) is 6.61 Å². The summed E-state index contributed by atoms with van der Waals surface area (Å²) in [6.07, 6.45) is 7.78. The monoisotopic (exact) mass is 304 g/mol. The summed E-state index contributed by atoms with van der Waals surface area (Å²) in [5, 5.41) is 20.6. The summed E-state index contributed by atoms with van der Waals surface area (Å²) >= 11 is 0. The van der Waals surface area contributed by atoms with Gasteiger partial charge in [0, 0.05) is 6.42 Å². The van der Waals surface area contributed by atoms with Gasteiger partial charge < -0.3 is 10.2 Å². The molecule has 0 amide bonds. The number of Topliss-reactive ketones (excluding diaryl/α,β-unsaturated/α-hetero) is 1. The van der Waals surface area contributed by atoms with Crippen LogP contribution in [0, 0.1) is 22.7 Å². The maximum Gasteiger partial charge on any atom is 0.158 e. The van der Waals surface area contributed by atoms with E-state index in [4.69, 9.17) is 0 Å². The van der Waals surface area contributed by atoms with Gasteiger partial charge in [0.25, 0.3) is 0 Å². The third-order valence-electron chi connectivity index (χ3n) is 7.96. The normalized spacial score (nSPS) is 50.8. The second-order valence-electron chi connectivity index (χ2n) is 8.78. The van der Waals surface area contributed by atoms with Crippen molar-refractivity contribution in [3.8, 4) is 0 Å². The summed E-state index contributed by atoms with van der Waals surface area (Å²) in [6.45, 7) is 4.31. The Balaban J connectivity index is 1.77. The molecule has 0 aliphatic heterocycles. The van der Waals surface area contributed by atoms with Gasteiger partial charge in [0.05, 0.1) is 12.2 Å². The van der Waals surface area contributed by atoms with Crippen LogP contribution in [-0.4, -0.2) is 28.2 Å². The molecule has 2 N–H and O–H groups in total. The van der Waals surface area contributed by atoms with E-state index in [1.54, 1.807) is 0 Å². The van der Waals surface area contributed by atoms with Gasteiger partial charge in [-0.15, -0.1) is 0 Å². The van der Waals surface area contributed by atoms with E-state index >= 15 is 0 Å². The molecule has 3 nitrogen and oxygen atoms in total. The molecule has 4 rings (SSSR count). The Labute approximate surface area is 132 Å². The van der Waals surface area contributed by atoms with Gasteiger partial charge in [0.1, 0.15) is 0 Å². The van der Waals surface area contributed by atoms with E-state index < -0.39 is 5.60 Å². The number of carbonyl (C=O) groups is 1. The molecule has 1 spiro atoms. The minimum Gasteiger partial charge on any atom is -0.393 e. The molecule has 5 atom stereocenters. The van der Waals surface area contributed by atoms with Crippen molar-refractivity contribution in [3.63, 3.8) is 0 Å². The van der Waals surface area contributed by atoms with Crippen LogP contribution in [0.3, 0.4) is 0 Å². The number of aliphatic hydroxyl groups excluding tert-OH is 1. The first-order valence-electron chi connectivity index (χ1n) is 8.91. The summed E-state index contributed by atoms with van der Waals surface area (Å²) in [5.74, 6) is 1.19. The molecule has 2 bridgehead atoms. The standard InChI is InChI=1S/C19H28O3/c1-12-14-5-8-18-9-13(19(22,10-18)11-20)3-4-16(18)17(14,2)7-6-15(12)21/h13,16,20,22H,3-11H2,1-2H3/t13-,16+,17-,18+,19-/m1/s1. The smallest absolute Gasteiger partial charge is 0.158 e. The topological polar surface area (TPSA) is 57.5 Å². The van der Waals surface area contributed by atoms with Crippen molar-refractivity contribution in [1.82, 2.24) is 0 Å². The molecular weight excluding hydrogens is 276 g/mol. The van der Waals surface area contributed by atoms with E-state index in [2.05, 4.69) is 6.92 Å². The number of fused-ring (bicyclic) bond motifs is 3. The second-order valence-corrected chi connectivity index (χ2v) is 8.78. The van der Waals surface area contributed by atoms with Gasteiger partial charge >= 0.3 is 0 Å². The van der Waals surface area contributed by atoms with Crippen molar-refractivity contribution in [3.05, 3.63) is 11.1 Å². The van der Waals surface area contributed by atoms with Crippen LogP contribution in [0.15, 0.2) is 11.1 Å². The van der Waals surface area contributed by atoms with Crippen molar-refractivity contribution < 1.29 is 15.0 Å². The van der Waals surface area contributed by atoms with Gasteiger partial charge in [0.15, 0.2) is 5.78 Å². The van der Waals surface area contributed by atoms with E-state index in [0.717, 1.165) is 50.5 Å². The Hall–Kier alpha value is -0.670. The average Bonchev–Trinajstić information content (AvgIpc) is 2.71. The number of carbonyl (C=O) groups excluding carboxylic acids is 1. The minimum absolute atomic E-state index is 0.0942. The quantitative estimate of drug-likeness (QED) is 0.783. The highest BCUT2D eigenvalue weighted by Gasteiger charge is 2.64. The lowest BCUT2D eigenvalue weighted by Gasteiger charge is -2.57. The van der Waals surface area contributed by atoms with Crippen LogP contribution < -0.4 is 0 Å². The molecule has 3 fully saturated rings. The van der Waals surface area contributed by atoms with Crippen LogP contribution in [0.4, 0.5) is 0 Å². The SMILES string of the molecule is CC1=C2CC[C@@]34C[C@@H](CC[C@H]3[C@]2(C)CCC1=O)[C@](O)(CO)C4. The van der Waals surface area contributed by atoms with Crippen LogP contribution in [0.5, 0.6) is 0 Å². The third kappa shape index (κ3) is 1.67. The summed E-state index contributed by atoms with van der Waals surface area (Å²) in [4.78, 5) is 12.1. The van der Waals surface area contributed by atoms with Crippen molar-refractivity contribution >= 4 is 5.78 Å². The molecule has 3 saturated carbocycles. The molecular formula is C19H28O3. The molecule has 0 aromatic rings. The lowest BCUT2D eigenvalue weighted by atomic mass is 9.47. The highest BCUT2D eigenvalue weighted by atomic mass is 16.3. The lowest BCUT2D eigenvalue weighted by molar-refractivity contribution is -0.118. The average molecular weight is 304 g/mol. The predicted octanol–water partition coefficient (Wildman–Crippen LogP) is 3.00. The van der Waals surface area contributed by atoms with Gasteiger partial charge in [-0.05, 0) is 80.1 Å². The number of ketones is 1. The van der Waals surface area contributed by atoms with Gasteiger partial charge in [-0.1, -0.05) is 12.5 Å². The van der Waals surface area contributed by atoms with Crippen LogP contribution in [-0.2, 0) is 4.79 Å². The van der Waals surface area contributed by atoms with Crippen LogP contribution >= 0.6 is 0 Å². The fraction of sp³-hybridized carbons (Fsp3) is 0.842. The molecule has 0 saturated heterocycles. The first kappa shape index (κ1) is 14.9. The number of hydrogen-bond acceptors (Lipinski definition) is 3. The Bertz CT molecular complexity index is 565. The molecule has 22 heavy (non-hydrogen) atoms. The Morgan fingerprint density at radius 2 is 2.00 bits per heavy atom. The first-order valence-corrected chi connectivity index (χ1v) is 8.91. The Morgan fingerprint density at radius 1 is 1.23 bits per heavy atom. The highest BCUT2D eigenvalue weighted by Crippen LogP contribution is 2.70. The maximum absolute atomic E-state index is 12.1. The maximum atomic E-state index is 12.1. The molecule has 0 radical (unpaired) electrons. The largest absolute Gasteiger partial charge is 0.393 e. The third-order valence-corrected chi connectivity index (χ3v) is 7.96. The first-order chi connectivity index (χ1) is 10.3. The van der Waals surface area contributed by atoms with Crippen molar-refractivity contribution in [1.29, 1.82) is 0 Å². The fourth-order valence-electron chi connectivity index (χ4n) is 6.90.